The minimum Gasteiger partial charge on any atom is -0.493 e. The lowest BCUT2D eigenvalue weighted by Gasteiger charge is -2.18. The number of hydrogen-bond acceptors (Lipinski definition) is 6. The van der Waals surface area contributed by atoms with Crippen LogP contribution in [0.4, 0.5) is 11.4 Å². The van der Waals surface area contributed by atoms with Gasteiger partial charge in [0, 0.05) is 5.69 Å². The Morgan fingerprint density at radius 3 is 2.32 bits per heavy atom. The van der Waals surface area contributed by atoms with Gasteiger partial charge in [-0.05, 0) is 48.9 Å². The van der Waals surface area contributed by atoms with E-state index in [-0.39, 0.29) is 39.4 Å². The van der Waals surface area contributed by atoms with Gasteiger partial charge in [0.15, 0.2) is 11.5 Å². The van der Waals surface area contributed by atoms with Crippen LogP contribution in [-0.4, -0.2) is 35.1 Å². The molecule has 0 bridgehead atoms. The predicted molar refractivity (Wildman–Crippen MR) is 120 cm³/mol. The SMILES string of the molecule is COc1ccc(NCC(=O)Nc2cccc(C)c2)c(S(=O)(=O)c2ccccc2)c1OC. The molecule has 0 aliphatic rings. The lowest BCUT2D eigenvalue weighted by molar-refractivity contribution is -0.114. The Bertz CT molecular complexity index is 1180. The maximum absolute atomic E-state index is 13.4. The first-order valence-electron chi connectivity index (χ1n) is 9.52. The standard InChI is InChI=1S/C23H24N2O5S/c1-16-8-7-9-17(14-16)25-21(26)15-24-19-12-13-20(29-2)22(30-3)23(19)31(27,28)18-10-5-4-6-11-18/h4-14,24H,15H2,1-3H3,(H,25,26). The van der Waals surface area contributed by atoms with E-state index < -0.39 is 9.84 Å². The number of anilines is 2. The molecule has 0 unspecified atom stereocenters. The number of carbonyl (C=O) groups is 1. The third kappa shape index (κ3) is 4.97. The van der Waals surface area contributed by atoms with E-state index in [2.05, 4.69) is 10.6 Å². The van der Waals surface area contributed by atoms with Gasteiger partial charge in [-0.3, -0.25) is 4.79 Å². The molecule has 0 saturated carbocycles. The number of aryl methyl sites for hydroxylation is 1. The highest BCUT2D eigenvalue weighted by molar-refractivity contribution is 7.91. The van der Waals surface area contributed by atoms with Gasteiger partial charge >= 0.3 is 0 Å². The summed E-state index contributed by atoms with van der Waals surface area (Å²) in [6.45, 7) is 1.79. The van der Waals surface area contributed by atoms with Crippen LogP contribution >= 0.6 is 0 Å². The molecule has 0 aromatic heterocycles. The Morgan fingerprint density at radius 2 is 1.68 bits per heavy atom. The number of rotatable bonds is 8. The summed E-state index contributed by atoms with van der Waals surface area (Å²) in [5.74, 6) is 0.0191. The highest BCUT2D eigenvalue weighted by Gasteiger charge is 2.28. The van der Waals surface area contributed by atoms with E-state index in [1.165, 1.54) is 26.4 Å². The first-order chi connectivity index (χ1) is 14.9. The van der Waals surface area contributed by atoms with Crippen LogP contribution in [0.5, 0.6) is 11.5 Å². The van der Waals surface area contributed by atoms with Crippen LogP contribution in [0.1, 0.15) is 5.56 Å². The molecule has 3 aromatic carbocycles. The number of carbonyl (C=O) groups excluding carboxylic acids is 1. The maximum Gasteiger partial charge on any atom is 0.243 e. The molecular weight excluding hydrogens is 416 g/mol. The molecular formula is C23H24N2O5S. The highest BCUT2D eigenvalue weighted by atomic mass is 32.2. The van der Waals surface area contributed by atoms with Crippen molar-refractivity contribution in [3.05, 3.63) is 72.3 Å². The van der Waals surface area contributed by atoms with Gasteiger partial charge in [-0.15, -0.1) is 0 Å². The first kappa shape index (κ1) is 22.2. The molecule has 1 amide bonds. The van der Waals surface area contributed by atoms with Gasteiger partial charge < -0.3 is 20.1 Å². The van der Waals surface area contributed by atoms with E-state index in [1.54, 1.807) is 36.4 Å². The van der Waals surface area contributed by atoms with Gasteiger partial charge in [0.25, 0.3) is 0 Å². The summed E-state index contributed by atoms with van der Waals surface area (Å²) in [4.78, 5) is 12.4. The second-order valence-corrected chi connectivity index (χ2v) is 8.65. The average Bonchev–Trinajstić information content (AvgIpc) is 2.77. The summed E-state index contributed by atoms with van der Waals surface area (Å²) >= 11 is 0. The van der Waals surface area contributed by atoms with Crippen molar-refractivity contribution in [3.8, 4) is 11.5 Å². The second kappa shape index (κ2) is 9.53. The highest BCUT2D eigenvalue weighted by Crippen LogP contribution is 2.42. The van der Waals surface area contributed by atoms with Crippen molar-refractivity contribution in [2.24, 2.45) is 0 Å². The Balaban J connectivity index is 1.94. The van der Waals surface area contributed by atoms with Crippen LogP contribution in [0.3, 0.4) is 0 Å². The molecule has 0 fully saturated rings. The molecule has 3 aromatic rings. The molecule has 31 heavy (non-hydrogen) atoms. The Kier molecular flexibility index (Phi) is 6.81. The van der Waals surface area contributed by atoms with Crippen LogP contribution in [0, 0.1) is 6.92 Å². The fourth-order valence-corrected chi connectivity index (χ4v) is 4.73. The average molecular weight is 441 g/mol. The van der Waals surface area contributed by atoms with E-state index in [1.807, 2.05) is 25.1 Å². The number of hydrogen-bond donors (Lipinski definition) is 2. The van der Waals surface area contributed by atoms with Gasteiger partial charge in [0.05, 0.1) is 31.3 Å². The summed E-state index contributed by atoms with van der Waals surface area (Å²) in [7, 11) is -1.16. The van der Waals surface area contributed by atoms with Crippen LogP contribution in [0.15, 0.2) is 76.5 Å². The van der Waals surface area contributed by atoms with E-state index >= 15 is 0 Å². The first-order valence-corrected chi connectivity index (χ1v) is 11.0. The van der Waals surface area contributed by atoms with Gasteiger partial charge in [-0.1, -0.05) is 30.3 Å². The fraction of sp³-hybridized carbons (Fsp3) is 0.174. The minimum atomic E-state index is -3.96. The monoisotopic (exact) mass is 440 g/mol. The van der Waals surface area contributed by atoms with Gasteiger partial charge in [-0.2, -0.15) is 0 Å². The smallest absolute Gasteiger partial charge is 0.243 e. The predicted octanol–water partition coefficient (Wildman–Crippen LogP) is 3.90. The van der Waals surface area contributed by atoms with Crippen molar-refractivity contribution < 1.29 is 22.7 Å². The van der Waals surface area contributed by atoms with E-state index in [9.17, 15) is 13.2 Å². The van der Waals surface area contributed by atoms with Crippen LogP contribution in [0.25, 0.3) is 0 Å². The van der Waals surface area contributed by atoms with Crippen molar-refractivity contribution >= 4 is 27.1 Å². The number of methoxy groups -OCH3 is 2. The summed E-state index contributed by atoms with van der Waals surface area (Å²) in [6.07, 6.45) is 0. The molecule has 0 aliphatic heterocycles. The number of nitrogens with one attached hydrogen (secondary N) is 2. The minimum absolute atomic E-state index is 0.0652. The van der Waals surface area contributed by atoms with Crippen molar-refractivity contribution in [3.63, 3.8) is 0 Å². The molecule has 8 heteroatoms. The quantitative estimate of drug-likeness (QED) is 0.552. The molecule has 0 saturated heterocycles. The second-order valence-electron chi connectivity index (χ2n) is 6.77. The summed E-state index contributed by atoms with van der Waals surface area (Å²) in [5, 5.41) is 5.71. The summed E-state index contributed by atoms with van der Waals surface area (Å²) in [5.41, 5.74) is 1.92. The molecule has 0 spiro atoms. The molecule has 0 radical (unpaired) electrons. The van der Waals surface area contributed by atoms with Crippen LogP contribution in [0.2, 0.25) is 0 Å². The zero-order valence-corrected chi connectivity index (χ0v) is 18.3. The van der Waals surface area contributed by atoms with Crippen molar-refractivity contribution in [1.29, 1.82) is 0 Å². The normalized spacial score (nSPS) is 10.9. The summed E-state index contributed by atoms with van der Waals surface area (Å²) in [6, 6.07) is 18.6. The Morgan fingerprint density at radius 1 is 0.935 bits per heavy atom. The van der Waals surface area contributed by atoms with E-state index in [4.69, 9.17) is 9.47 Å². The summed E-state index contributed by atoms with van der Waals surface area (Å²) < 4.78 is 37.5. The third-order valence-corrected chi connectivity index (χ3v) is 6.40. The molecule has 3 rings (SSSR count). The third-order valence-electron chi connectivity index (χ3n) is 4.56. The number of amides is 1. The lowest BCUT2D eigenvalue weighted by Crippen LogP contribution is -2.23. The van der Waals surface area contributed by atoms with E-state index in [0.717, 1.165) is 5.56 Å². The van der Waals surface area contributed by atoms with Crippen molar-refractivity contribution in [2.45, 2.75) is 16.7 Å². The Hall–Kier alpha value is -3.52. The van der Waals surface area contributed by atoms with Crippen molar-refractivity contribution in [1.82, 2.24) is 0 Å². The largest absolute Gasteiger partial charge is 0.493 e. The molecule has 0 aliphatic carbocycles. The van der Waals surface area contributed by atoms with Gasteiger partial charge in [-0.25, -0.2) is 8.42 Å². The molecule has 7 nitrogen and oxygen atoms in total. The zero-order chi connectivity index (χ0) is 22.4. The van der Waals surface area contributed by atoms with Gasteiger partial charge in [0.1, 0.15) is 4.90 Å². The number of ether oxygens (including phenoxy) is 2. The topological polar surface area (TPSA) is 93.7 Å². The molecule has 162 valence electrons. The number of benzene rings is 3. The molecule has 0 atom stereocenters. The fourth-order valence-electron chi connectivity index (χ4n) is 3.13. The Labute approximate surface area is 181 Å². The molecule has 0 heterocycles. The van der Waals surface area contributed by atoms with Crippen LogP contribution < -0.4 is 20.1 Å². The van der Waals surface area contributed by atoms with Gasteiger partial charge in [0.2, 0.25) is 15.7 Å². The zero-order valence-electron chi connectivity index (χ0n) is 17.5. The molecule has 2 N–H and O–H groups in total. The lowest BCUT2D eigenvalue weighted by atomic mass is 10.2. The number of sulfone groups is 1. The van der Waals surface area contributed by atoms with Crippen LogP contribution in [-0.2, 0) is 14.6 Å². The van der Waals surface area contributed by atoms with Crippen molar-refractivity contribution in [2.75, 3.05) is 31.4 Å². The maximum atomic E-state index is 13.4. The van der Waals surface area contributed by atoms with E-state index in [0.29, 0.717) is 5.69 Å².